The lowest BCUT2D eigenvalue weighted by Gasteiger charge is -2.11. The molecular formula is C13H18BrF2NO2. The van der Waals surface area contributed by atoms with Gasteiger partial charge < -0.3 is 15.2 Å². The second-order valence-electron chi connectivity index (χ2n) is 4.17. The van der Waals surface area contributed by atoms with Crippen LogP contribution in [-0.4, -0.2) is 24.4 Å². The maximum Gasteiger partial charge on any atom is 0.387 e. The van der Waals surface area contributed by atoms with E-state index in [4.69, 9.17) is 0 Å². The maximum absolute atomic E-state index is 12.1. The fourth-order valence-corrected chi connectivity index (χ4v) is 2.07. The molecular weight excluding hydrogens is 320 g/mol. The molecule has 1 atom stereocenters. The van der Waals surface area contributed by atoms with E-state index in [9.17, 15) is 13.9 Å². The minimum Gasteiger partial charge on any atom is -0.434 e. The summed E-state index contributed by atoms with van der Waals surface area (Å²) in [5.41, 5.74) is 0.958. The van der Waals surface area contributed by atoms with E-state index in [1.165, 1.54) is 6.07 Å². The number of aliphatic hydroxyl groups is 1. The molecule has 0 bridgehead atoms. The van der Waals surface area contributed by atoms with E-state index in [0.717, 1.165) is 12.0 Å². The molecule has 1 aromatic carbocycles. The summed E-state index contributed by atoms with van der Waals surface area (Å²) in [7, 11) is 0. The fourth-order valence-electron chi connectivity index (χ4n) is 1.55. The number of benzene rings is 1. The van der Waals surface area contributed by atoms with Crippen molar-refractivity contribution in [2.75, 3.05) is 6.54 Å². The molecule has 0 amide bonds. The first-order chi connectivity index (χ1) is 9.02. The van der Waals surface area contributed by atoms with Crippen LogP contribution in [0.2, 0.25) is 0 Å². The summed E-state index contributed by atoms with van der Waals surface area (Å²) in [6, 6.07) is 4.97. The minimum absolute atomic E-state index is 0.125. The van der Waals surface area contributed by atoms with Gasteiger partial charge in [-0.3, -0.25) is 0 Å². The van der Waals surface area contributed by atoms with Crippen molar-refractivity contribution in [2.45, 2.75) is 39.0 Å². The van der Waals surface area contributed by atoms with Crippen LogP contribution in [0.3, 0.4) is 0 Å². The average Bonchev–Trinajstić information content (AvgIpc) is 2.37. The lowest BCUT2D eigenvalue weighted by molar-refractivity contribution is -0.0503. The lowest BCUT2D eigenvalue weighted by Crippen LogP contribution is -2.19. The number of halogens is 3. The summed E-state index contributed by atoms with van der Waals surface area (Å²) in [6.07, 6.45) is 1.16. The number of rotatable bonds is 8. The highest BCUT2D eigenvalue weighted by molar-refractivity contribution is 9.10. The highest BCUT2D eigenvalue weighted by atomic mass is 79.9. The van der Waals surface area contributed by atoms with Crippen LogP contribution in [0.1, 0.15) is 25.3 Å². The third-order valence-corrected chi connectivity index (χ3v) is 3.29. The van der Waals surface area contributed by atoms with Crippen molar-refractivity contribution >= 4 is 15.9 Å². The Labute approximate surface area is 120 Å². The Morgan fingerprint density at radius 1 is 1.42 bits per heavy atom. The van der Waals surface area contributed by atoms with Gasteiger partial charge in [-0.2, -0.15) is 8.78 Å². The molecule has 19 heavy (non-hydrogen) atoms. The zero-order valence-corrected chi connectivity index (χ0v) is 12.3. The quantitative estimate of drug-likeness (QED) is 0.715. The third-order valence-electron chi connectivity index (χ3n) is 2.67. The molecule has 0 spiro atoms. The van der Waals surface area contributed by atoms with Crippen molar-refractivity contribution in [3.05, 3.63) is 28.2 Å². The topological polar surface area (TPSA) is 41.5 Å². The van der Waals surface area contributed by atoms with E-state index in [0.29, 0.717) is 24.0 Å². The lowest BCUT2D eigenvalue weighted by atomic mass is 10.2. The summed E-state index contributed by atoms with van der Waals surface area (Å²) in [5.74, 6) is 0.125. The van der Waals surface area contributed by atoms with Crippen LogP contribution in [0.25, 0.3) is 0 Å². The van der Waals surface area contributed by atoms with E-state index in [1.54, 1.807) is 12.1 Å². The first-order valence-electron chi connectivity index (χ1n) is 6.15. The molecule has 0 saturated heterocycles. The molecule has 1 aromatic rings. The smallest absolute Gasteiger partial charge is 0.387 e. The summed E-state index contributed by atoms with van der Waals surface area (Å²) < 4.78 is 29.0. The van der Waals surface area contributed by atoms with Gasteiger partial charge in [-0.25, -0.2) is 0 Å². The fraction of sp³-hybridized carbons (Fsp3) is 0.538. The van der Waals surface area contributed by atoms with Crippen LogP contribution in [0.15, 0.2) is 22.7 Å². The van der Waals surface area contributed by atoms with Crippen LogP contribution < -0.4 is 10.1 Å². The number of nitrogens with one attached hydrogen (secondary N) is 1. The Balaban J connectivity index is 2.41. The van der Waals surface area contributed by atoms with Gasteiger partial charge in [0.1, 0.15) is 5.75 Å². The van der Waals surface area contributed by atoms with Crippen molar-refractivity contribution < 1.29 is 18.6 Å². The molecule has 0 radical (unpaired) electrons. The van der Waals surface area contributed by atoms with Crippen molar-refractivity contribution in [2.24, 2.45) is 0 Å². The third kappa shape index (κ3) is 6.31. The highest BCUT2D eigenvalue weighted by Gasteiger charge is 2.08. The zero-order valence-electron chi connectivity index (χ0n) is 10.7. The molecule has 3 nitrogen and oxygen atoms in total. The van der Waals surface area contributed by atoms with Gasteiger partial charge in [0.15, 0.2) is 0 Å². The second kappa shape index (κ2) is 8.45. The molecule has 6 heteroatoms. The van der Waals surface area contributed by atoms with Gasteiger partial charge >= 0.3 is 6.61 Å². The van der Waals surface area contributed by atoms with E-state index in [2.05, 4.69) is 26.0 Å². The van der Waals surface area contributed by atoms with Crippen molar-refractivity contribution in [1.29, 1.82) is 0 Å². The van der Waals surface area contributed by atoms with E-state index in [1.807, 2.05) is 6.92 Å². The minimum atomic E-state index is -2.82. The summed E-state index contributed by atoms with van der Waals surface area (Å²) in [5, 5.41) is 12.6. The predicted octanol–water partition coefficient (Wildman–Crippen LogP) is 3.30. The van der Waals surface area contributed by atoms with E-state index < -0.39 is 6.61 Å². The molecule has 0 heterocycles. The van der Waals surface area contributed by atoms with Crippen LogP contribution in [0, 0.1) is 0 Å². The number of ether oxygens (including phenoxy) is 1. The predicted molar refractivity (Wildman–Crippen MR) is 73.4 cm³/mol. The summed E-state index contributed by atoms with van der Waals surface area (Å²) in [6.45, 7) is 0.436. The maximum atomic E-state index is 12.1. The molecule has 2 N–H and O–H groups in total. The highest BCUT2D eigenvalue weighted by Crippen LogP contribution is 2.27. The van der Waals surface area contributed by atoms with Crippen molar-refractivity contribution in [3.63, 3.8) is 0 Å². The van der Waals surface area contributed by atoms with Gasteiger partial charge in [-0.15, -0.1) is 0 Å². The van der Waals surface area contributed by atoms with Crippen LogP contribution >= 0.6 is 15.9 Å². The molecule has 0 aromatic heterocycles. The van der Waals surface area contributed by atoms with Gasteiger partial charge in [0.2, 0.25) is 0 Å². The van der Waals surface area contributed by atoms with Gasteiger partial charge in [0, 0.05) is 6.54 Å². The number of aliphatic hydroxyl groups excluding tert-OH is 1. The second-order valence-corrected chi connectivity index (χ2v) is 5.03. The average molecular weight is 338 g/mol. The Hall–Kier alpha value is -0.720. The first-order valence-corrected chi connectivity index (χ1v) is 6.94. The Bertz CT molecular complexity index is 391. The molecule has 1 unspecified atom stereocenters. The first kappa shape index (κ1) is 16.3. The van der Waals surface area contributed by atoms with Gasteiger partial charge in [0.05, 0.1) is 10.6 Å². The Kier molecular flexibility index (Phi) is 7.27. The summed E-state index contributed by atoms with van der Waals surface area (Å²) >= 11 is 3.19. The van der Waals surface area contributed by atoms with E-state index >= 15 is 0 Å². The van der Waals surface area contributed by atoms with Crippen LogP contribution in [0.4, 0.5) is 8.78 Å². The molecule has 108 valence electrons. The molecule has 0 fully saturated rings. The standard InChI is InChI=1S/C13H18BrF2NO2/c1-2-10(18)5-6-17-8-9-3-4-12(11(14)7-9)19-13(15)16/h3-4,7,10,13,17-18H,2,5-6,8H2,1H3. The van der Waals surface area contributed by atoms with E-state index in [-0.39, 0.29) is 11.9 Å². The van der Waals surface area contributed by atoms with Crippen molar-refractivity contribution in [1.82, 2.24) is 5.32 Å². The molecule has 0 aliphatic heterocycles. The van der Waals surface area contributed by atoms with Gasteiger partial charge in [0.25, 0.3) is 0 Å². The SMILES string of the molecule is CCC(O)CCNCc1ccc(OC(F)F)c(Br)c1. The number of hydrogen-bond acceptors (Lipinski definition) is 3. The van der Waals surface area contributed by atoms with Crippen LogP contribution in [0.5, 0.6) is 5.75 Å². The largest absolute Gasteiger partial charge is 0.434 e. The van der Waals surface area contributed by atoms with Gasteiger partial charge in [-0.05, 0) is 53.0 Å². The van der Waals surface area contributed by atoms with Crippen molar-refractivity contribution in [3.8, 4) is 5.75 Å². The molecule has 0 aliphatic rings. The number of alkyl halides is 2. The monoisotopic (exact) mass is 337 g/mol. The Morgan fingerprint density at radius 3 is 2.74 bits per heavy atom. The molecule has 0 aliphatic carbocycles. The molecule has 0 saturated carbocycles. The normalized spacial score (nSPS) is 12.7. The summed E-state index contributed by atoms with van der Waals surface area (Å²) in [4.78, 5) is 0. The van der Waals surface area contributed by atoms with Crippen LogP contribution in [-0.2, 0) is 6.54 Å². The zero-order chi connectivity index (χ0) is 14.3. The Morgan fingerprint density at radius 2 is 2.16 bits per heavy atom. The number of hydrogen-bond donors (Lipinski definition) is 2. The van der Waals surface area contributed by atoms with Gasteiger partial charge in [-0.1, -0.05) is 13.0 Å². The molecule has 1 rings (SSSR count).